The number of rotatable bonds is 2. The van der Waals surface area contributed by atoms with Crippen LogP contribution in [0.4, 0.5) is 0 Å². The van der Waals surface area contributed by atoms with Gasteiger partial charge in [-0.05, 0) is 36.8 Å². The Bertz CT molecular complexity index is 587. The lowest BCUT2D eigenvalue weighted by atomic mass is 10.2. The van der Waals surface area contributed by atoms with Crippen LogP contribution in [-0.2, 0) is 0 Å². The highest BCUT2D eigenvalue weighted by Crippen LogP contribution is 2.28. The van der Waals surface area contributed by atoms with Crippen molar-refractivity contribution >= 4 is 11.6 Å². The van der Waals surface area contributed by atoms with Gasteiger partial charge in [0.25, 0.3) is 0 Å². The van der Waals surface area contributed by atoms with Crippen LogP contribution in [0.3, 0.4) is 0 Å². The molecule has 0 amide bonds. The van der Waals surface area contributed by atoms with Gasteiger partial charge >= 0.3 is 0 Å². The van der Waals surface area contributed by atoms with Crippen molar-refractivity contribution in [2.24, 2.45) is 0 Å². The molecule has 0 unspecified atom stereocenters. The summed E-state index contributed by atoms with van der Waals surface area (Å²) in [5, 5.41) is 9.49. The van der Waals surface area contributed by atoms with Gasteiger partial charge in [-0.2, -0.15) is 5.26 Å². The fourth-order valence-electron chi connectivity index (χ4n) is 1.41. The Kier molecular flexibility index (Phi) is 3.32. The topological polar surface area (TPSA) is 33.0 Å². The molecule has 0 aliphatic heterocycles. The summed E-state index contributed by atoms with van der Waals surface area (Å²) < 4.78 is 5.62. The SMILES string of the molecule is [CH2]c1cccc(Oc2cc(Cl)ccc2C#N)c1. The first-order chi connectivity index (χ1) is 8.19. The molecule has 2 nitrogen and oxygen atoms in total. The van der Waals surface area contributed by atoms with Crippen molar-refractivity contribution in [3.8, 4) is 17.6 Å². The van der Waals surface area contributed by atoms with Gasteiger partial charge in [0.1, 0.15) is 17.6 Å². The minimum atomic E-state index is 0.448. The van der Waals surface area contributed by atoms with Crippen LogP contribution in [0.25, 0.3) is 0 Å². The number of nitriles is 1. The first-order valence-electron chi connectivity index (χ1n) is 4.98. The van der Waals surface area contributed by atoms with Crippen LogP contribution in [0.1, 0.15) is 11.1 Å². The van der Waals surface area contributed by atoms with E-state index in [4.69, 9.17) is 21.6 Å². The molecule has 1 radical (unpaired) electrons. The van der Waals surface area contributed by atoms with Gasteiger partial charge in [-0.3, -0.25) is 0 Å². The lowest BCUT2D eigenvalue weighted by Gasteiger charge is -2.08. The molecule has 0 saturated carbocycles. The van der Waals surface area contributed by atoms with Crippen LogP contribution in [0, 0.1) is 18.3 Å². The van der Waals surface area contributed by atoms with E-state index in [1.165, 1.54) is 0 Å². The Balaban J connectivity index is 2.36. The van der Waals surface area contributed by atoms with Crippen molar-refractivity contribution in [1.82, 2.24) is 0 Å². The van der Waals surface area contributed by atoms with Crippen LogP contribution in [0.15, 0.2) is 42.5 Å². The fraction of sp³-hybridized carbons (Fsp3) is 0. The highest BCUT2D eigenvalue weighted by Gasteiger charge is 2.05. The molecule has 0 heterocycles. The van der Waals surface area contributed by atoms with E-state index >= 15 is 0 Å². The Morgan fingerprint density at radius 2 is 2.00 bits per heavy atom. The van der Waals surface area contributed by atoms with Crippen molar-refractivity contribution < 1.29 is 4.74 Å². The summed E-state index contributed by atoms with van der Waals surface area (Å²) in [5.41, 5.74) is 1.30. The summed E-state index contributed by atoms with van der Waals surface area (Å²) in [6.07, 6.45) is 0. The molecule has 0 atom stereocenters. The third-order valence-corrected chi connectivity index (χ3v) is 2.43. The van der Waals surface area contributed by atoms with E-state index in [2.05, 4.69) is 13.0 Å². The van der Waals surface area contributed by atoms with Crippen LogP contribution >= 0.6 is 11.6 Å². The summed E-state index contributed by atoms with van der Waals surface area (Å²) in [6, 6.07) is 14.3. The third kappa shape index (κ3) is 2.77. The number of hydrogen-bond donors (Lipinski definition) is 0. The van der Waals surface area contributed by atoms with Gasteiger partial charge in [0.2, 0.25) is 0 Å². The second-order valence-corrected chi connectivity index (χ2v) is 3.94. The number of ether oxygens (including phenoxy) is 1. The Labute approximate surface area is 105 Å². The van der Waals surface area contributed by atoms with E-state index in [1.807, 2.05) is 12.1 Å². The summed E-state index contributed by atoms with van der Waals surface area (Å²) in [4.78, 5) is 0. The maximum absolute atomic E-state index is 8.96. The molecule has 3 heteroatoms. The van der Waals surface area contributed by atoms with Gasteiger partial charge in [0.15, 0.2) is 0 Å². The Morgan fingerprint density at radius 1 is 1.18 bits per heavy atom. The first kappa shape index (κ1) is 11.5. The van der Waals surface area contributed by atoms with Crippen LogP contribution < -0.4 is 4.74 Å². The molecule has 0 N–H and O–H groups in total. The molecule has 0 spiro atoms. The van der Waals surface area contributed by atoms with E-state index < -0.39 is 0 Å². The highest BCUT2D eigenvalue weighted by molar-refractivity contribution is 6.30. The number of benzene rings is 2. The van der Waals surface area contributed by atoms with Gasteiger partial charge in [0, 0.05) is 11.1 Å². The molecule has 17 heavy (non-hydrogen) atoms. The van der Waals surface area contributed by atoms with E-state index in [0.717, 1.165) is 5.56 Å². The molecule has 0 aliphatic rings. The minimum absolute atomic E-state index is 0.448. The first-order valence-corrected chi connectivity index (χ1v) is 5.36. The van der Waals surface area contributed by atoms with Gasteiger partial charge in [0.05, 0.1) is 5.56 Å². The maximum Gasteiger partial charge on any atom is 0.146 e. The highest BCUT2D eigenvalue weighted by atomic mass is 35.5. The van der Waals surface area contributed by atoms with Crippen molar-refractivity contribution in [2.75, 3.05) is 0 Å². The normalized spacial score (nSPS) is 9.71. The van der Waals surface area contributed by atoms with E-state index in [-0.39, 0.29) is 0 Å². The molecule has 0 bridgehead atoms. The number of hydrogen-bond acceptors (Lipinski definition) is 2. The lowest BCUT2D eigenvalue weighted by Crippen LogP contribution is -1.88. The molecule has 2 aromatic rings. The fourth-order valence-corrected chi connectivity index (χ4v) is 1.57. The van der Waals surface area contributed by atoms with Crippen molar-refractivity contribution in [3.05, 3.63) is 65.5 Å². The zero-order valence-corrected chi connectivity index (χ0v) is 9.74. The second-order valence-electron chi connectivity index (χ2n) is 3.50. The predicted molar refractivity (Wildman–Crippen MR) is 67.1 cm³/mol. The van der Waals surface area contributed by atoms with E-state index in [0.29, 0.717) is 22.1 Å². The summed E-state index contributed by atoms with van der Waals surface area (Å²) in [5.74, 6) is 1.09. The summed E-state index contributed by atoms with van der Waals surface area (Å²) in [6.45, 7) is 3.81. The number of nitrogens with zero attached hydrogens (tertiary/aromatic N) is 1. The quantitative estimate of drug-likeness (QED) is 0.791. The predicted octanol–water partition coefficient (Wildman–Crippen LogP) is 4.19. The van der Waals surface area contributed by atoms with Crippen molar-refractivity contribution in [3.63, 3.8) is 0 Å². The molecule has 2 rings (SSSR count). The average Bonchev–Trinajstić information content (AvgIpc) is 2.29. The molecule has 0 fully saturated rings. The second kappa shape index (κ2) is 4.90. The lowest BCUT2D eigenvalue weighted by molar-refractivity contribution is 0.481. The van der Waals surface area contributed by atoms with Gasteiger partial charge in [-0.25, -0.2) is 0 Å². The van der Waals surface area contributed by atoms with Crippen LogP contribution in [0.2, 0.25) is 5.02 Å². The average molecular weight is 243 g/mol. The standard InChI is InChI=1S/C14H9ClNO/c1-10-3-2-4-13(7-10)17-14-8-12(15)6-5-11(14)9-16/h2-8H,1H2. The maximum atomic E-state index is 8.96. The third-order valence-electron chi connectivity index (χ3n) is 2.19. The van der Waals surface area contributed by atoms with Gasteiger partial charge < -0.3 is 4.74 Å². The minimum Gasteiger partial charge on any atom is -0.456 e. The van der Waals surface area contributed by atoms with Crippen LogP contribution in [0.5, 0.6) is 11.5 Å². The van der Waals surface area contributed by atoms with Crippen molar-refractivity contribution in [1.29, 1.82) is 5.26 Å². The number of halogens is 1. The summed E-state index contributed by atoms with van der Waals surface area (Å²) in [7, 11) is 0. The largest absolute Gasteiger partial charge is 0.456 e. The zero-order valence-electron chi connectivity index (χ0n) is 8.98. The zero-order chi connectivity index (χ0) is 12.3. The molecular formula is C14H9ClNO. The monoisotopic (exact) mass is 242 g/mol. The van der Waals surface area contributed by atoms with E-state index in [9.17, 15) is 0 Å². The molecule has 0 saturated heterocycles. The molecule has 0 aliphatic carbocycles. The van der Waals surface area contributed by atoms with E-state index in [1.54, 1.807) is 30.3 Å². The molecule has 2 aromatic carbocycles. The van der Waals surface area contributed by atoms with Crippen molar-refractivity contribution in [2.45, 2.75) is 0 Å². The Hall–Kier alpha value is -1.98. The smallest absolute Gasteiger partial charge is 0.146 e. The van der Waals surface area contributed by atoms with Gasteiger partial charge in [-0.1, -0.05) is 23.7 Å². The Morgan fingerprint density at radius 3 is 2.71 bits per heavy atom. The molecule has 0 aromatic heterocycles. The van der Waals surface area contributed by atoms with Gasteiger partial charge in [-0.15, -0.1) is 0 Å². The molecule has 83 valence electrons. The van der Waals surface area contributed by atoms with Crippen LogP contribution in [-0.4, -0.2) is 0 Å². The summed E-state index contributed by atoms with van der Waals surface area (Å²) >= 11 is 5.87. The molecular weight excluding hydrogens is 234 g/mol.